The summed E-state index contributed by atoms with van der Waals surface area (Å²) in [6, 6.07) is 2.37. The maximum Gasteiger partial charge on any atom is 0.410 e. The lowest BCUT2D eigenvalue weighted by molar-refractivity contribution is 0.00683. The van der Waals surface area contributed by atoms with Crippen molar-refractivity contribution in [1.29, 1.82) is 0 Å². The molecule has 2 aliphatic heterocycles. The van der Waals surface area contributed by atoms with Crippen LogP contribution in [0, 0.1) is 0 Å². The number of nitrogens with two attached hydrogens (primary N) is 1. The Morgan fingerprint density at radius 1 is 1.38 bits per heavy atom. The van der Waals surface area contributed by atoms with Crippen LogP contribution in [0.25, 0.3) is 0 Å². The number of carbonyl (C=O) groups is 1. The average molecular weight is 353 g/mol. The van der Waals surface area contributed by atoms with Crippen molar-refractivity contribution in [2.75, 3.05) is 11.1 Å². The van der Waals surface area contributed by atoms with E-state index in [4.69, 9.17) is 22.1 Å². The SMILES string of the molecule is CC(C)(C)OC(=O)N1C2CCC1CC(Nc1ncc(Cl)cc1N)C2. The highest BCUT2D eigenvalue weighted by atomic mass is 35.5. The van der Waals surface area contributed by atoms with E-state index in [0.717, 1.165) is 25.7 Å². The van der Waals surface area contributed by atoms with Crippen molar-refractivity contribution >= 4 is 29.2 Å². The number of halogens is 1. The molecule has 3 N–H and O–H groups in total. The van der Waals surface area contributed by atoms with Crippen molar-refractivity contribution in [3.05, 3.63) is 17.3 Å². The molecule has 2 aliphatic rings. The molecule has 0 aliphatic carbocycles. The first-order chi connectivity index (χ1) is 11.2. The molecule has 2 bridgehead atoms. The van der Waals surface area contributed by atoms with Crippen LogP contribution in [0.1, 0.15) is 46.5 Å². The second-order valence-corrected chi connectivity index (χ2v) is 8.11. The molecule has 132 valence electrons. The van der Waals surface area contributed by atoms with Gasteiger partial charge in [-0.15, -0.1) is 0 Å². The molecule has 3 rings (SSSR count). The summed E-state index contributed by atoms with van der Waals surface area (Å²) in [5, 5.41) is 3.94. The highest BCUT2D eigenvalue weighted by Crippen LogP contribution is 2.38. The van der Waals surface area contributed by atoms with E-state index in [1.54, 1.807) is 12.3 Å². The lowest BCUT2D eigenvalue weighted by atomic mass is 9.97. The fourth-order valence-electron chi connectivity index (χ4n) is 3.68. The second-order valence-electron chi connectivity index (χ2n) is 7.68. The maximum absolute atomic E-state index is 12.5. The quantitative estimate of drug-likeness (QED) is 0.849. The van der Waals surface area contributed by atoms with Gasteiger partial charge in [0.2, 0.25) is 0 Å². The molecule has 7 heteroatoms. The van der Waals surface area contributed by atoms with Crippen LogP contribution in [-0.4, -0.2) is 39.7 Å². The molecule has 1 aromatic heterocycles. The van der Waals surface area contributed by atoms with Crippen molar-refractivity contribution in [2.45, 2.75) is 70.2 Å². The molecule has 2 unspecified atom stereocenters. The first-order valence-corrected chi connectivity index (χ1v) is 8.79. The number of amides is 1. The van der Waals surface area contributed by atoms with E-state index in [2.05, 4.69) is 10.3 Å². The molecule has 3 heterocycles. The number of hydrogen-bond donors (Lipinski definition) is 2. The van der Waals surface area contributed by atoms with Gasteiger partial charge in [-0.25, -0.2) is 9.78 Å². The third-order valence-corrected chi connectivity index (χ3v) is 4.77. The molecule has 1 amide bonds. The number of pyridine rings is 1. The Bertz CT molecular complexity index is 618. The molecule has 2 saturated heterocycles. The van der Waals surface area contributed by atoms with Crippen LogP contribution in [0.4, 0.5) is 16.3 Å². The summed E-state index contributed by atoms with van der Waals surface area (Å²) in [6.07, 6.45) is 5.18. The Kier molecular flexibility index (Phi) is 4.51. The van der Waals surface area contributed by atoms with E-state index >= 15 is 0 Å². The normalized spacial score (nSPS) is 26.3. The Balaban J connectivity index is 1.66. The van der Waals surface area contributed by atoms with Crippen LogP contribution in [0.3, 0.4) is 0 Å². The zero-order valence-corrected chi connectivity index (χ0v) is 15.1. The van der Waals surface area contributed by atoms with Gasteiger partial charge in [0.25, 0.3) is 0 Å². The largest absolute Gasteiger partial charge is 0.444 e. The minimum atomic E-state index is -0.465. The van der Waals surface area contributed by atoms with Crippen LogP contribution in [0.5, 0.6) is 0 Å². The predicted octanol–water partition coefficient (Wildman–Crippen LogP) is 3.66. The number of hydrogen-bond acceptors (Lipinski definition) is 5. The van der Waals surface area contributed by atoms with Gasteiger partial charge >= 0.3 is 6.09 Å². The van der Waals surface area contributed by atoms with E-state index in [-0.39, 0.29) is 24.2 Å². The number of aromatic nitrogens is 1. The molecule has 2 fully saturated rings. The number of nitrogens with zero attached hydrogens (tertiary/aromatic N) is 2. The number of piperidine rings is 1. The van der Waals surface area contributed by atoms with Gasteiger partial charge in [0.1, 0.15) is 11.4 Å². The van der Waals surface area contributed by atoms with Gasteiger partial charge in [-0.1, -0.05) is 11.6 Å². The molecule has 0 saturated carbocycles. The summed E-state index contributed by atoms with van der Waals surface area (Å²) in [4.78, 5) is 18.7. The molecule has 0 aromatic carbocycles. The van der Waals surface area contributed by atoms with Crippen molar-refractivity contribution in [3.8, 4) is 0 Å². The highest BCUT2D eigenvalue weighted by Gasteiger charge is 2.44. The first kappa shape index (κ1) is 17.1. The van der Waals surface area contributed by atoms with Gasteiger partial charge in [-0.05, 0) is 52.5 Å². The summed E-state index contributed by atoms with van der Waals surface area (Å²) < 4.78 is 5.56. The third kappa shape index (κ3) is 3.69. The molecular formula is C17H25ClN4O2. The Morgan fingerprint density at radius 3 is 2.54 bits per heavy atom. The van der Waals surface area contributed by atoms with E-state index < -0.39 is 5.60 Å². The van der Waals surface area contributed by atoms with Gasteiger partial charge < -0.3 is 20.7 Å². The van der Waals surface area contributed by atoms with Crippen molar-refractivity contribution in [3.63, 3.8) is 0 Å². The number of nitrogens with one attached hydrogen (secondary N) is 1. The Hall–Kier alpha value is -1.69. The smallest absolute Gasteiger partial charge is 0.410 e. The van der Waals surface area contributed by atoms with Crippen molar-refractivity contribution in [1.82, 2.24) is 9.88 Å². The fraction of sp³-hybridized carbons (Fsp3) is 0.647. The first-order valence-electron chi connectivity index (χ1n) is 8.42. The van der Waals surface area contributed by atoms with Crippen molar-refractivity contribution < 1.29 is 9.53 Å². The highest BCUT2D eigenvalue weighted by molar-refractivity contribution is 6.30. The number of ether oxygens (including phenoxy) is 1. The van der Waals surface area contributed by atoms with Crippen molar-refractivity contribution in [2.24, 2.45) is 0 Å². The summed E-state index contributed by atoms with van der Waals surface area (Å²) in [5.41, 5.74) is 6.06. The van der Waals surface area contributed by atoms with Gasteiger partial charge in [0.05, 0.1) is 10.7 Å². The van der Waals surface area contributed by atoms with E-state index in [1.165, 1.54) is 0 Å². The molecule has 24 heavy (non-hydrogen) atoms. The molecular weight excluding hydrogens is 328 g/mol. The standard InChI is InChI=1S/C17H25ClN4O2/c1-17(2,3)24-16(23)22-12-4-5-13(22)8-11(7-12)21-15-14(19)6-10(18)9-20-15/h6,9,11-13H,4-5,7-8,19H2,1-3H3,(H,20,21). The average Bonchev–Trinajstić information content (AvgIpc) is 2.72. The van der Waals surface area contributed by atoms with Crippen LogP contribution in [0.2, 0.25) is 5.02 Å². The number of nitrogen functional groups attached to an aromatic ring is 1. The van der Waals surface area contributed by atoms with Crippen LogP contribution >= 0.6 is 11.6 Å². The van der Waals surface area contributed by atoms with Crippen LogP contribution in [-0.2, 0) is 4.74 Å². The molecule has 0 radical (unpaired) electrons. The van der Waals surface area contributed by atoms with E-state index in [1.807, 2.05) is 25.7 Å². The van der Waals surface area contributed by atoms with Gasteiger partial charge in [-0.2, -0.15) is 0 Å². The van der Waals surface area contributed by atoms with Gasteiger partial charge in [0.15, 0.2) is 0 Å². The number of carbonyl (C=O) groups excluding carboxylic acids is 1. The zero-order chi connectivity index (χ0) is 17.5. The van der Waals surface area contributed by atoms with Crippen LogP contribution in [0.15, 0.2) is 12.3 Å². The van der Waals surface area contributed by atoms with E-state index in [0.29, 0.717) is 16.5 Å². The minimum absolute atomic E-state index is 0.197. The Morgan fingerprint density at radius 2 is 2.00 bits per heavy atom. The summed E-state index contributed by atoms with van der Waals surface area (Å²) in [5.74, 6) is 0.662. The lowest BCUT2D eigenvalue weighted by Gasteiger charge is -2.39. The Labute approximate surface area is 147 Å². The topological polar surface area (TPSA) is 80.5 Å². The minimum Gasteiger partial charge on any atom is -0.444 e. The molecule has 1 aromatic rings. The number of rotatable bonds is 2. The molecule has 2 atom stereocenters. The monoisotopic (exact) mass is 352 g/mol. The number of anilines is 2. The predicted molar refractivity (Wildman–Crippen MR) is 95.2 cm³/mol. The second kappa shape index (κ2) is 6.31. The van der Waals surface area contributed by atoms with Gasteiger partial charge in [0, 0.05) is 24.3 Å². The summed E-state index contributed by atoms with van der Waals surface area (Å²) in [6.45, 7) is 5.70. The fourth-order valence-corrected chi connectivity index (χ4v) is 3.84. The van der Waals surface area contributed by atoms with Crippen LogP contribution < -0.4 is 11.1 Å². The third-order valence-electron chi connectivity index (χ3n) is 4.56. The molecule has 6 nitrogen and oxygen atoms in total. The summed E-state index contributed by atoms with van der Waals surface area (Å²) >= 11 is 5.89. The maximum atomic E-state index is 12.5. The van der Waals surface area contributed by atoms with E-state index in [9.17, 15) is 4.79 Å². The zero-order valence-electron chi connectivity index (χ0n) is 14.4. The molecule has 0 spiro atoms. The number of fused-ring (bicyclic) bond motifs is 2. The van der Waals surface area contributed by atoms with Gasteiger partial charge in [-0.3, -0.25) is 0 Å². The lowest BCUT2D eigenvalue weighted by Crippen LogP contribution is -2.51. The summed E-state index contributed by atoms with van der Waals surface area (Å²) in [7, 11) is 0.